The normalized spacial score (nSPS) is 15.5. The summed E-state index contributed by atoms with van der Waals surface area (Å²) in [5.41, 5.74) is 2.71. The molecule has 3 rings (SSSR count). The van der Waals surface area contributed by atoms with Gasteiger partial charge in [-0.2, -0.15) is 0 Å². The minimum atomic E-state index is -0.325. The van der Waals surface area contributed by atoms with Crippen LogP contribution in [0, 0.1) is 11.8 Å². The number of nitrogens with one attached hydrogen (secondary N) is 1. The quantitative estimate of drug-likeness (QED) is 0.881. The maximum Gasteiger partial charge on any atom is 0.295 e. The average molecular weight is 318 g/mol. The smallest absolute Gasteiger partial charge is 0.295 e. The summed E-state index contributed by atoms with van der Waals surface area (Å²) in [5.74, 6) is 4.72. The Hall–Kier alpha value is -3.06. The van der Waals surface area contributed by atoms with E-state index in [2.05, 4.69) is 17.2 Å². The third kappa shape index (κ3) is 3.16. The van der Waals surface area contributed by atoms with Gasteiger partial charge in [0.2, 0.25) is 0 Å². The van der Waals surface area contributed by atoms with Crippen LogP contribution in [0.1, 0.15) is 34.5 Å². The summed E-state index contributed by atoms with van der Waals surface area (Å²) in [5, 5.41) is 2.80. The Morgan fingerprint density at radius 1 is 1.12 bits per heavy atom. The Bertz CT molecular complexity index is 818. The first-order valence-corrected chi connectivity index (χ1v) is 7.85. The van der Waals surface area contributed by atoms with Gasteiger partial charge in [-0.1, -0.05) is 54.5 Å². The lowest BCUT2D eigenvalue weighted by molar-refractivity contribution is -0.115. The first kappa shape index (κ1) is 15.8. The molecule has 4 heteroatoms. The van der Waals surface area contributed by atoms with Crippen LogP contribution in [0.4, 0.5) is 0 Å². The number of hydrogen-bond acceptors (Lipinski definition) is 2. The highest BCUT2D eigenvalue weighted by atomic mass is 16.2. The van der Waals surface area contributed by atoms with Gasteiger partial charge in [-0.3, -0.25) is 9.59 Å². The predicted octanol–water partition coefficient (Wildman–Crippen LogP) is 2.52. The van der Waals surface area contributed by atoms with Crippen molar-refractivity contribution < 1.29 is 9.59 Å². The molecule has 1 N–H and O–H groups in total. The lowest BCUT2D eigenvalue weighted by atomic mass is 10.0. The van der Waals surface area contributed by atoms with Crippen molar-refractivity contribution in [3.63, 3.8) is 0 Å². The van der Waals surface area contributed by atoms with Gasteiger partial charge in [-0.05, 0) is 30.0 Å². The zero-order valence-electron chi connectivity index (χ0n) is 13.5. The molecule has 0 aliphatic carbocycles. The summed E-state index contributed by atoms with van der Waals surface area (Å²) in [7, 11) is 0. The van der Waals surface area contributed by atoms with Crippen LogP contribution in [0.5, 0.6) is 0 Å². The standard InChI is InChI=1S/C20H18N2O2/c1-2-8-19(23)21-13-18-16-11-6-7-12-17(16)20(24)22(18)14-15-9-4-3-5-10-15/h3-7,9-12,18H,13-14H2,1H3,(H,21,23). The highest BCUT2D eigenvalue weighted by Crippen LogP contribution is 2.34. The fourth-order valence-corrected chi connectivity index (χ4v) is 2.98. The number of fused-ring (bicyclic) bond motifs is 1. The molecule has 0 saturated carbocycles. The summed E-state index contributed by atoms with van der Waals surface area (Å²) < 4.78 is 0. The van der Waals surface area contributed by atoms with Gasteiger partial charge in [-0.25, -0.2) is 0 Å². The minimum Gasteiger partial charge on any atom is -0.343 e. The number of benzene rings is 2. The molecule has 2 aromatic rings. The van der Waals surface area contributed by atoms with Crippen LogP contribution in [0.3, 0.4) is 0 Å². The van der Waals surface area contributed by atoms with Crippen LogP contribution in [-0.4, -0.2) is 23.3 Å². The van der Waals surface area contributed by atoms with E-state index < -0.39 is 0 Å². The Morgan fingerprint density at radius 2 is 1.83 bits per heavy atom. The molecule has 4 nitrogen and oxygen atoms in total. The molecule has 1 aliphatic rings. The fourth-order valence-electron chi connectivity index (χ4n) is 2.98. The molecule has 1 unspecified atom stereocenters. The molecule has 0 aromatic heterocycles. The number of carbonyl (C=O) groups is 2. The molecule has 0 saturated heterocycles. The van der Waals surface area contributed by atoms with Crippen LogP contribution >= 0.6 is 0 Å². The molecule has 24 heavy (non-hydrogen) atoms. The molecule has 0 bridgehead atoms. The number of nitrogens with zero attached hydrogens (tertiary/aromatic N) is 1. The van der Waals surface area contributed by atoms with Crippen LogP contribution in [-0.2, 0) is 11.3 Å². The van der Waals surface area contributed by atoms with E-state index in [1.807, 2.05) is 54.6 Å². The average Bonchev–Trinajstić information content (AvgIpc) is 2.87. The van der Waals surface area contributed by atoms with E-state index in [4.69, 9.17) is 0 Å². The predicted molar refractivity (Wildman–Crippen MR) is 92.0 cm³/mol. The van der Waals surface area contributed by atoms with Crippen molar-refractivity contribution in [3.05, 3.63) is 71.3 Å². The Morgan fingerprint density at radius 3 is 2.58 bits per heavy atom. The van der Waals surface area contributed by atoms with Crippen molar-refractivity contribution in [1.29, 1.82) is 0 Å². The van der Waals surface area contributed by atoms with E-state index in [-0.39, 0.29) is 17.9 Å². The third-order valence-electron chi connectivity index (χ3n) is 4.08. The molecule has 2 aromatic carbocycles. The first-order chi connectivity index (χ1) is 11.7. The van der Waals surface area contributed by atoms with Crippen molar-refractivity contribution in [2.75, 3.05) is 6.54 Å². The van der Waals surface area contributed by atoms with Crippen molar-refractivity contribution >= 4 is 11.8 Å². The van der Waals surface area contributed by atoms with Gasteiger partial charge in [0, 0.05) is 18.7 Å². The maximum absolute atomic E-state index is 12.8. The second kappa shape index (κ2) is 7.01. The van der Waals surface area contributed by atoms with E-state index in [0.717, 1.165) is 11.1 Å². The summed E-state index contributed by atoms with van der Waals surface area (Å²) in [4.78, 5) is 26.2. The molecular formula is C20H18N2O2. The summed E-state index contributed by atoms with van der Waals surface area (Å²) in [6, 6.07) is 17.2. The monoisotopic (exact) mass is 318 g/mol. The van der Waals surface area contributed by atoms with Crippen LogP contribution < -0.4 is 5.32 Å². The second-order valence-corrected chi connectivity index (χ2v) is 5.61. The maximum atomic E-state index is 12.8. The zero-order valence-corrected chi connectivity index (χ0v) is 13.5. The molecule has 0 radical (unpaired) electrons. The third-order valence-corrected chi connectivity index (χ3v) is 4.08. The van der Waals surface area contributed by atoms with E-state index in [9.17, 15) is 9.59 Å². The molecule has 120 valence electrons. The van der Waals surface area contributed by atoms with Gasteiger partial charge in [-0.15, -0.1) is 0 Å². The van der Waals surface area contributed by atoms with Gasteiger partial charge >= 0.3 is 0 Å². The van der Waals surface area contributed by atoms with E-state index in [0.29, 0.717) is 18.7 Å². The Balaban J connectivity index is 1.86. The van der Waals surface area contributed by atoms with Crippen LogP contribution in [0.2, 0.25) is 0 Å². The van der Waals surface area contributed by atoms with Crippen LogP contribution in [0.15, 0.2) is 54.6 Å². The number of carbonyl (C=O) groups excluding carboxylic acids is 2. The number of hydrogen-bond donors (Lipinski definition) is 1. The van der Waals surface area contributed by atoms with Gasteiger partial charge < -0.3 is 10.2 Å². The van der Waals surface area contributed by atoms with Crippen molar-refractivity contribution in [2.24, 2.45) is 0 Å². The molecule has 1 atom stereocenters. The molecule has 2 amide bonds. The lowest BCUT2D eigenvalue weighted by Gasteiger charge is -2.25. The Labute approximate surface area is 141 Å². The minimum absolute atomic E-state index is 0.00437. The van der Waals surface area contributed by atoms with Gasteiger partial charge in [0.1, 0.15) is 0 Å². The lowest BCUT2D eigenvalue weighted by Crippen LogP contribution is -2.36. The largest absolute Gasteiger partial charge is 0.343 e. The van der Waals surface area contributed by atoms with E-state index in [1.165, 1.54) is 0 Å². The highest BCUT2D eigenvalue weighted by Gasteiger charge is 2.36. The molecule has 1 aliphatic heterocycles. The first-order valence-electron chi connectivity index (χ1n) is 7.85. The summed E-state index contributed by atoms with van der Waals surface area (Å²) in [6.45, 7) is 2.48. The number of amides is 2. The van der Waals surface area contributed by atoms with Gasteiger partial charge in [0.05, 0.1) is 6.04 Å². The summed E-state index contributed by atoms with van der Waals surface area (Å²) >= 11 is 0. The molecule has 1 heterocycles. The van der Waals surface area contributed by atoms with E-state index >= 15 is 0 Å². The van der Waals surface area contributed by atoms with Crippen molar-refractivity contribution in [1.82, 2.24) is 10.2 Å². The van der Waals surface area contributed by atoms with Crippen LogP contribution in [0.25, 0.3) is 0 Å². The van der Waals surface area contributed by atoms with Gasteiger partial charge in [0.25, 0.3) is 11.8 Å². The highest BCUT2D eigenvalue weighted by molar-refractivity contribution is 5.99. The second-order valence-electron chi connectivity index (χ2n) is 5.61. The Kier molecular flexibility index (Phi) is 4.62. The zero-order chi connectivity index (χ0) is 16.9. The molecular weight excluding hydrogens is 300 g/mol. The van der Waals surface area contributed by atoms with Crippen molar-refractivity contribution in [2.45, 2.75) is 19.5 Å². The molecule has 0 fully saturated rings. The van der Waals surface area contributed by atoms with Crippen molar-refractivity contribution in [3.8, 4) is 11.8 Å². The van der Waals surface area contributed by atoms with Gasteiger partial charge in [0.15, 0.2) is 0 Å². The fraction of sp³-hybridized carbons (Fsp3) is 0.200. The summed E-state index contributed by atoms with van der Waals surface area (Å²) in [6.07, 6.45) is 0. The SMILES string of the molecule is CC#CC(=O)NCC1c2ccccc2C(=O)N1Cc1ccccc1. The number of rotatable bonds is 4. The topological polar surface area (TPSA) is 49.4 Å². The van der Waals surface area contributed by atoms with E-state index in [1.54, 1.807) is 11.8 Å². The molecule has 0 spiro atoms.